The van der Waals surface area contributed by atoms with Gasteiger partial charge in [0.05, 0.1) is 5.69 Å². The first-order valence-corrected chi connectivity index (χ1v) is 8.28. The number of aromatic hydroxyl groups is 1. The fourth-order valence-electron chi connectivity index (χ4n) is 2.78. The molecular formula is C22H21NO. The zero-order valence-electron chi connectivity index (χ0n) is 13.8. The largest absolute Gasteiger partial charge is 0.507 e. The molecule has 0 fully saturated rings. The van der Waals surface area contributed by atoms with Crippen molar-refractivity contribution in [2.45, 2.75) is 19.8 Å². The zero-order chi connectivity index (χ0) is 16.8. The highest BCUT2D eigenvalue weighted by molar-refractivity contribution is 5.83. The smallest absolute Gasteiger partial charge is 0.123 e. The zero-order valence-corrected chi connectivity index (χ0v) is 13.8. The summed E-state index contributed by atoms with van der Waals surface area (Å²) < 4.78 is 0. The van der Waals surface area contributed by atoms with Crippen LogP contribution in [-0.4, -0.2) is 10.1 Å². The van der Waals surface area contributed by atoms with Crippen LogP contribution in [0.5, 0.6) is 5.75 Å². The Hall–Kier alpha value is -2.87. The molecule has 3 aromatic rings. The Morgan fingerprint density at radius 2 is 1.75 bits per heavy atom. The number of pyridine rings is 1. The summed E-state index contributed by atoms with van der Waals surface area (Å²) in [5, 5.41) is 10.3. The van der Waals surface area contributed by atoms with Gasteiger partial charge in [0.25, 0.3) is 0 Å². The standard InChI is InChI=1S/C22H21NO/c1-2-7-17-11-14-22(24)21(16-17)20-10-4-3-8-18(20)12-13-19-9-5-6-15-23-19/h3-6,8-16,24H,2,7H2,1H3. The van der Waals surface area contributed by atoms with Crippen molar-refractivity contribution in [3.05, 3.63) is 83.7 Å². The van der Waals surface area contributed by atoms with Gasteiger partial charge in [-0.1, -0.05) is 55.8 Å². The molecule has 0 aliphatic carbocycles. The molecule has 0 amide bonds. The highest BCUT2D eigenvalue weighted by Gasteiger charge is 2.08. The van der Waals surface area contributed by atoms with Gasteiger partial charge in [-0.3, -0.25) is 4.98 Å². The van der Waals surface area contributed by atoms with Gasteiger partial charge in [-0.25, -0.2) is 0 Å². The molecule has 0 spiro atoms. The number of phenols is 1. The molecule has 1 aromatic heterocycles. The lowest BCUT2D eigenvalue weighted by atomic mass is 9.95. The van der Waals surface area contributed by atoms with E-state index in [4.69, 9.17) is 0 Å². The lowest BCUT2D eigenvalue weighted by Gasteiger charge is -2.10. The monoisotopic (exact) mass is 315 g/mol. The Labute approximate surface area is 143 Å². The van der Waals surface area contributed by atoms with Gasteiger partial charge in [-0.05, 0) is 53.5 Å². The molecule has 0 saturated carbocycles. The number of aryl methyl sites for hydroxylation is 1. The minimum atomic E-state index is 0.313. The molecule has 3 rings (SSSR count). The lowest BCUT2D eigenvalue weighted by Crippen LogP contribution is -1.88. The van der Waals surface area contributed by atoms with Crippen molar-refractivity contribution in [2.24, 2.45) is 0 Å². The molecule has 0 atom stereocenters. The van der Waals surface area contributed by atoms with Crippen LogP contribution < -0.4 is 0 Å². The average molecular weight is 315 g/mol. The number of aromatic nitrogens is 1. The number of phenolic OH excluding ortho intramolecular Hbond substituents is 1. The Morgan fingerprint density at radius 1 is 0.917 bits per heavy atom. The normalized spacial score (nSPS) is 11.0. The summed E-state index contributed by atoms with van der Waals surface area (Å²) in [7, 11) is 0. The van der Waals surface area contributed by atoms with Crippen LogP contribution in [0.1, 0.15) is 30.2 Å². The molecule has 2 nitrogen and oxygen atoms in total. The number of rotatable bonds is 5. The van der Waals surface area contributed by atoms with E-state index < -0.39 is 0 Å². The van der Waals surface area contributed by atoms with Crippen molar-refractivity contribution in [3.63, 3.8) is 0 Å². The maximum atomic E-state index is 10.3. The average Bonchev–Trinajstić information content (AvgIpc) is 2.63. The Balaban J connectivity index is 2.01. The van der Waals surface area contributed by atoms with E-state index in [-0.39, 0.29) is 0 Å². The van der Waals surface area contributed by atoms with Crippen molar-refractivity contribution in [3.8, 4) is 16.9 Å². The first-order chi connectivity index (χ1) is 11.8. The van der Waals surface area contributed by atoms with Crippen molar-refractivity contribution < 1.29 is 5.11 Å². The summed E-state index contributed by atoms with van der Waals surface area (Å²) in [6.45, 7) is 2.16. The van der Waals surface area contributed by atoms with Gasteiger partial charge in [-0.15, -0.1) is 0 Å². The van der Waals surface area contributed by atoms with Gasteiger partial charge in [0, 0.05) is 11.8 Å². The third-order valence-corrected chi connectivity index (χ3v) is 3.97. The third-order valence-electron chi connectivity index (χ3n) is 3.97. The molecule has 2 aromatic carbocycles. The molecule has 1 N–H and O–H groups in total. The van der Waals surface area contributed by atoms with Crippen LogP contribution >= 0.6 is 0 Å². The predicted molar refractivity (Wildman–Crippen MR) is 101 cm³/mol. The van der Waals surface area contributed by atoms with Crippen molar-refractivity contribution >= 4 is 12.2 Å². The van der Waals surface area contributed by atoms with Crippen molar-refractivity contribution in [2.75, 3.05) is 0 Å². The van der Waals surface area contributed by atoms with Crippen LogP contribution in [0.3, 0.4) is 0 Å². The summed E-state index contributed by atoms with van der Waals surface area (Å²) in [5.74, 6) is 0.313. The van der Waals surface area contributed by atoms with Crippen LogP contribution in [0, 0.1) is 0 Å². The number of benzene rings is 2. The summed E-state index contributed by atoms with van der Waals surface area (Å²) in [6, 6.07) is 19.8. The van der Waals surface area contributed by atoms with Crippen molar-refractivity contribution in [1.29, 1.82) is 0 Å². The van der Waals surface area contributed by atoms with E-state index in [0.717, 1.165) is 35.2 Å². The van der Waals surface area contributed by atoms with E-state index in [1.165, 1.54) is 5.56 Å². The molecule has 24 heavy (non-hydrogen) atoms. The van der Waals surface area contributed by atoms with Crippen LogP contribution in [0.2, 0.25) is 0 Å². The molecule has 0 radical (unpaired) electrons. The molecular weight excluding hydrogens is 294 g/mol. The minimum Gasteiger partial charge on any atom is -0.507 e. The summed E-state index contributed by atoms with van der Waals surface area (Å²) >= 11 is 0. The number of hydrogen-bond acceptors (Lipinski definition) is 2. The number of hydrogen-bond donors (Lipinski definition) is 1. The molecule has 1 heterocycles. The maximum Gasteiger partial charge on any atom is 0.123 e. The van der Waals surface area contributed by atoms with Crippen LogP contribution in [0.25, 0.3) is 23.3 Å². The second-order valence-corrected chi connectivity index (χ2v) is 5.78. The van der Waals surface area contributed by atoms with Crippen LogP contribution in [0.4, 0.5) is 0 Å². The summed E-state index contributed by atoms with van der Waals surface area (Å²) in [6.07, 6.45) is 7.92. The van der Waals surface area contributed by atoms with E-state index in [2.05, 4.69) is 24.0 Å². The minimum absolute atomic E-state index is 0.313. The quantitative estimate of drug-likeness (QED) is 0.667. The second-order valence-electron chi connectivity index (χ2n) is 5.78. The molecule has 0 unspecified atom stereocenters. The topological polar surface area (TPSA) is 33.1 Å². The van der Waals surface area contributed by atoms with E-state index in [1.54, 1.807) is 12.3 Å². The highest BCUT2D eigenvalue weighted by atomic mass is 16.3. The Kier molecular flexibility index (Phi) is 5.07. The molecule has 120 valence electrons. The van der Waals surface area contributed by atoms with Gasteiger partial charge in [0.2, 0.25) is 0 Å². The van der Waals surface area contributed by atoms with Gasteiger partial charge in [-0.2, -0.15) is 0 Å². The van der Waals surface area contributed by atoms with E-state index >= 15 is 0 Å². The first-order valence-electron chi connectivity index (χ1n) is 8.28. The first kappa shape index (κ1) is 16.0. The van der Waals surface area contributed by atoms with Crippen molar-refractivity contribution in [1.82, 2.24) is 4.98 Å². The predicted octanol–water partition coefficient (Wildman–Crippen LogP) is 5.58. The molecule has 0 aliphatic rings. The molecule has 0 bridgehead atoms. The van der Waals surface area contributed by atoms with Crippen LogP contribution in [-0.2, 0) is 6.42 Å². The third kappa shape index (κ3) is 3.72. The lowest BCUT2D eigenvalue weighted by molar-refractivity contribution is 0.477. The second kappa shape index (κ2) is 7.60. The van der Waals surface area contributed by atoms with Gasteiger partial charge < -0.3 is 5.11 Å². The molecule has 0 saturated heterocycles. The Morgan fingerprint density at radius 3 is 2.54 bits per heavy atom. The Bertz CT molecular complexity index is 838. The summed E-state index contributed by atoms with van der Waals surface area (Å²) in [4.78, 5) is 4.32. The molecule has 0 aliphatic heterocycles. The maximum absolute atomic E-state index is 10.3. The summed E-state index contributed by atoms with van der Waals surface area (Å²) in [5.41, 5.74) is 5.12. The fraction of sp³-hybridized carbons (Fsp3) is 0.136. The highest BCUT2D eigenvalue weighted by Crippen LogP contribution is 2.33. The molecule has 2 heteroatoms. The van der Waals surface area contributed by atoms with E-state index in [0.29, 0.717) is 5.75 Å². The SMILES string of the molecule is CCCc1ccc(O)c(-c2ccccc2C=Cc2ccccn2)c1. The van der Waals surface area contributed by atoms with E-state index in [1.807, 2.05) is 54.6 Å². The van der Waals surface area contributed by atoms with Gasteiger partial charge in [0.1, 0.15) is 5.75 Å². The van der Waals surface area contributed by atoms with Crippen LogP contribution in [0.15, 0.2) is 66.9 Å². The fourth-order valence-corrected chi connectivity index (χ4v) is 2.78. The van der Waals surface area contributed by atoms with E-state index in [9.17, 15) is 5.11 Å². The van der Waals surface area contributed by atoms with Gasteiger partial charge in [0.15, 0.2) is 0 Å². The van der Waals surface area contributed by atoms with Gasteiger partial charge >= 0.3 is 0 Å². The number of nitrogens with zero attached hydrogens (tertiary/aromatic N) is 1.